The standard InChI is InChI=1S/C29H30ClN3O4/c1-3-32(4-2)19-21(34)18-31-28(35)26-27(37-29(36)22-14-8-10-16-24(22)30)23-15-9-11-17-25(23)33(26)20-12-6-5-7-13-20/h5-17,21,34H,3-4,18-19H2,1-2H3,(H,31,35). The number of halogens is 1. The van der Waals surface area contributed by atoms with Crippen molar-refractivity contribution in [2.75, 3.05) is 26.2 Å². The highest BCUT2D eigenvalue weighted by atomic mass is 35.5. The van der Waals surface area contributed by atoms with Gasteiger partial charge in [0.2, 0.25) is 0 Å². The van der Waals surface area contributed by atoms with Gasteiger partial charge in [-0.3, -0.25) is 4.79 Å². The van der Waals surface area contributed by atoms with Gasteiger partial charge in [-0.1, -0.05) is 67.9 Å². The van der Waals surface area contributed by atoms with E-state index in [0.29, 0.717) is 17.4 Å². The van der Waals surface area contributed by atoms with Gasteiger partial charge in [0.1, 0.15) is 0 Å². The number of likely N-dealkylation sites (N-methyl/N-ethyl adjacent to an activating group) is 1. The number of aliphatic hydroxyl groups is 1. The van der Waals surface area contributed by atoms with Gasteiger partial charge < -0.3 is 24.6 Å². The third-order valence-electron chi connectivity index (χ3n) is 6.21. The van der Waals surface area contributed by atoms with Gasteiger partial charge in [0, 0.05) is 24.2 Å². The SMILES string of the molecule is CCN(CC)CC(O)CNC(=O)c1c(OC(=O)c2ccccc2Cl)c2ccccc2n1-c1ccccc1. The number of fused-ring (bicyclic) bond motifs is 1. The highest BCUT2D eigenvalue weighted by molar-refractivity contribution is 6.33. The van der Waals surface area contributed by atoms with Gasteiger partial charge >= 0.3 is 5.97 Å². The minimum atomic E-state index is -0.757. The number of aromatic nitrogens is 1. The van der Waals surface area contributed by atoms with Crippen LogP contribution in [0, 0.1) is 0 Å². The molecule has 0 fully saturated rings. The van der Waals surface area contributed by atoms with Gasteiger partial charge in [-0.2, -0.15) is 0 Å². The van der Waals surface area contributed by atoms with Gasteiger partial charge in [0.15, 0.2) is 11.4 Å². The molecule has 192 valence electrons. The molecule has 0 saturated carbocycles. The smallest absolute Gasteiger partial charge is 0.345 e. The normalized spacial score (nSPS) is 12.0. The summed E-state index contributed by atoms with van der Waals surface area (Å²) in [6, 6.07) is 23.3. The first-order valence-corrected chi connectivity index (χ1v) is 12.7. The van der Waals surface area contributed by atoms with Crippen LogP contribution in [0.2, 0.25) is 5.02 Å². The fourth-order valence-electron chi connectivity index (χ4n) is 4.28. The minimum Gasteiger partial charge on any atom is -0.420 e. The third-order valence-corrected chi connectivity index (χ3v) is 6.54. The van der Waals surface area contributed by atoms with Crippen LogP contribution in [0.4, 0.5) is 0 Å². The number of nitrogens with one attached hydrogen (secondary N) is 1. The highest BCUT2D eigenvalue weighted by Gasteiger charge is 2.28. The van der Waals surface area contributed by atoms with E-state index in [2.05, 4.69) is 10.2 Å². The lowest BCUT2D eigenvalue weighted by Gasteiger charge is -2.22. The van der Waals surface area contributed by atoms with Crippen molar-refractivity contribution < 1.29 is 19.4 Å². The Hall–Kier alpha value is -3.65. The zero-order chi connectivity index (χ0) is 26.4. The average Bonchev–Trinajstić information content (AvgIpc) is 3.25. The Balaban J connectivity index is 1.77. The number of ether oxygens (including phenoxy) is 1. The monoisotopic (exact) mass is 519 g/mol. The van der Waals surface area contributed by atoms with E-state index in [1.807, 2.05) is 62.4 Å². The largest absolute Gasteiger partial charge is 0.420 e. The van der Waals surface area contributed by atoms with Crippen LogP contribution in [-0.4, -0.2) is 58.7 Å². The van der Waals surface area contributed by atoms with Crippen molar-refractivity contribution in [1.29, 1.82) is 0 Å². The second-order valence-corrected chi connectivity index (χ2v) is 8.99. The van der Waals surface area contributed by atoms with Crippen LogP contribution in [0.3, 0.4) is 0 Å². The molecule has 8 heteroatoms. The van der Waals surface area contributed by atoms with Crippen molar-refractivity contribution in [2.45, 2.75) is 20.0 Å². The van der Waals surface area contributed by atoms with Crippen molar-refractivity contribution >= 4 is 34.4 Å². The number of amides is 1. The van der Waals surface area contributed by atoms with Crippen molar-refractivity contribution in [3.63, 3.8) is 0 Å². The number of benzene rings is 3. The number of hydrogen-bond acceptors (Lipinski definition) is 5. The first-order chi connectivity index (χ1) is 17.9. The summed E-state index contributed by atoms with van der Waals surface area (Å²) in [6.45, 7) is 6.12. The number of nitrogens with zero attached hydrogens (tertiary/aromatic N) is 2. The average molecular weight is 520 g/mol. The lowest BCUT2D eigenvalue weighted by atomic mass is 10.2. The maximum absolute atomic E-state index is 13.7. The van der Waals surface area contributed by atoms with E-state index in [1.165, 1.54) is 0 Å². The van der Waals surface area contributed by atoms with E-state index in [-0.39, 0.29) is 28.6 Å². The number of esters is 1. The Bertz CT molecular complexity index is 1380. The fourth-order valence-corrected chi connectivity index (χ4v) is 4.49. The lowest BCUT2D eigenvalue weighted by molar-refractivity contribution is 0.0732. The third kappa shape index (κ3) is 5.85. The molecule has 3 aromatic carbocycles. The molecule has 0 saturated heterocycles. The Morgan fingerprint density at radius 3 is 2.32 bits per heavy atom. The van der Waals surface area contributed by atoms with Gasteiger partial charge in [-0.25, -0.2) is 4.79 Å². The Kier molecular flexibility index (Phi) is 8.61. The number of carbonyl (C=O) groups is 2. The number of hydrogen-bond donors (Lipinski definition) is 2. The molecule has 1 unspecified atom stereocenters. The topological polar surface area (TPSA) is 83.8 Å². The van der Waals surface area contributed by atoms with Crippen LogP contribution in [0.15, 0.2) is 78.9 Å². The molecule has 37 heavy (non-hydrogen) atoms. The second-order valence-electron chi connectivity index (χ2n) is 8.58. The molecule has 0 spiro atoms. The number of rotatable bonds is 10. The molecule has 4 aromatic rings. The van der Waals surface area contributed by atoms with Crippen LogP contribution in [-0.2, 0) is 0 Å². The molecular formula is C29H30ClN3O4. The summed E-state index contributed by atoms with van der Waals surface area (Å²) < 4.78 is 7.64. The first kappa shape index (κ1) is 26.4. The molecule has 0 radical (unpaired) electrons. The molecule has 1 aromatic heterocycles. The quantitative estimate of drug-likeness (QED) is 0.290. The predicted octanol–water partition coefficient (Wildman–Crippen LogP) is 4.94. The van der Waals surface area contributed by atoms with Gasteiger partial charge in [-0.15, -0.1) is 0 Å². The highest BCUT2D eigenvalue weighted by Crippen LogP contribution is 2.36. The molecule has 0 aliphatic rings. The maximum Gasteiger partial charge on any atom is 0.345 e. The Morgan fingerprint density at radius 2 is 1.62 bits per heavy atom. The number of aliphatic hydroxyl groups excluding tert-OH is 1. The molecule has 7 nitrogen and oxygen atoms in total. The zero-order valence-corrected chi connectivity index (χ0v) is 21.6. The van der Waals surface area contributed by atoms with E-state index in [4.69, 9.17) is 16.3 Å². The number of para-hydroxylation sites is 2. The molecule has 0 aliphatic heterocycles. The van der Waals surface area contributed by atoms with Crippen LogP contribution in [0.25, 0.3) is 16.6 Å². The summed E-state index contributed by atoms with van der Waals surface area (Å²) in [6.07, 6.45) is -0.757. The van der Waals surface area contributed by atoms with Crippen molar-refractivity contribution in [3.05, 3.63) is 95.1 Å². The molecule has 0 bridgehead atoms. The summed E-state index contributed by atoms with van der Waals surface area (Å²) in [5.41, 5.74) is 1.78. The summed E-state index contributed by atoms with van der Waals surface area (Å²) >= 11 is 6.24. The summed E-state index contributed by atoms with van der Waals surface area (Å²) in [7, 11) is 0. The van der Waals surface area contributed by atoms with E-state index < -0.39 is 18.0 Å². The second kappa shape index (κ2) is 12.1. The fraction of sp³-hybridized carbons (Fsp3) is 0.241. The maximum atomic E-state index is 13.7. The van der Waals surface area contributed by atoms with Crippen molar-refractivity contribution in [2.24, 2.45) is 0 Å². The van der Waals surface area contributed by atoms with Crippen LogP contribution in [0.1, 0.15) is 34.7 Å². The molecule has 1 atom stereocenters. The summed E-state index contributed by atoms with van der Waals surface area (Å²) in [5.74, 6) is -1.02. The molecule has 1 amide bonds. The van der Waals surface area contributed by atoms with E-state index >= 15 is 0 Å². The van der Waals surface area contributed by atoms with Gasteiger partial charge in [0.25, 0.3) is 5.91 Å². The molecular weight excluding hydrogens is 490 g/mol. The number of carbonyl (C=O) groups excluding carboxylic acids is 2. The molecule has 2 N–H and O–H groups in total. The first-order valence-electron chi connectivity index (χ1n) is 12.3. The summed E-state index contributed by atoms with van der Waals surface area (Å²) in [5, 5.41) is 14.2. The van der Waals surface area contributed by atoms with E-state index in [1.54, 1.807) is 34.9 Å². The van der Waals surface area contributed by atoms with Crippen LogP contribution < -0.4 is 10.1 Å². The lowest BCUT2D eigenvalue weighted by Crippen LogP contribution is -2.40. The zero-order valence-electron chi connectivity index (χ0n) is 20.9. The van der Waals surface area contributed by atoms with Gasteiger partial charge in [-0.05, 0) is 49.5 Å². The van der Waals surface area contributed by atoms with E-state index in [0.717, 1.165) is 18.8 Å². The summed E-state index contributed by atoms with van der Waals surface area (Å²) in [4.78, 5) is 28.9. The van der Waals surface area contributed by atoms with Crippen molar-refractivity contribution in [3.8, 4) is 11.4 Å². The van der Waals surface area contributed by atoms with Crippen molar-refractivity contribution in [1.82, 2.24) is 14.8 Å². The minimum absolute atomic E-state index is 0.0452. The molecule has 0 aliphatic carbocycles. The van der Waals surface area contributed by atoms with E-state index in [9.17, 15) is 14.7 Å². The Morgan fingerprint density at radius 1 is 0.973 bits per heavy atom. The molecule has 1 heterocycles. The molecule has 4 rings (SSSR count). The van der Waals surface area contributed by atoms with Crippen LogP contribution in [0.5, 0.6) is 5.75 Å². The van der Waals surface area contributed by atoms with Gasteiger partial charge in [0.05, 0.1) is 22.2 Å². The van der Waals surface area contributed by atoms with Crippen LogP contribution >= 0.6 is 11.6 Å². The Labute approximate surface area is 221 Å². The predicted molar refractivity (Wildman–Crippen MR) is 146 cm³/mol.